The molecule has 0 unspecified atom stereocenters. The van der Waals surface area contributed by atoms with Crippen LogP contribution in [0.25, 0.3) is 11.4 Å². The highest BCUT2D eigenvalue weighted by Crippen LogP contribution is 2.18. The van der Waals surface area contributed by atoms with Crippen molar-refractivity contribution in [2.24, 2.45) is 4.99 Å². The Balaban J connectivity index is 0.00000261. The number of halogens is 1. The van der Waals surface area contributed by atoms with Gasteiger partial charge in [-0.25, -0.2) is 4.98 Å². The number of nitrogens with zero attached hydrogens (tertiary/aromatic N) is 4. The third-order valence-corrected chi connectivity index (χ3v) is 3.86. The second-order valence-corrected chi connectivity index (χ2v) is 5.61. The first kappa shape index (κ1) is 20.7. The molecule has 2 heterocycles. The van der Waals surface area contributed by atoms with Crippen LogP contribution in [0.5, 0.6) is 5.75 Å². The number of H-pyrrole nitrogens is 1. The molecule has 0 fully saturated rings. The van der Waals surface area contributed by atoms with E-state index < -0.39 is 0 Å². The van der Waals surface area contributed by atoms with Crippen LogP contribution in [0.2, 0.25) is 0 Å². The molecule has 0 amide bonds. The average Bonchev–Trinajstić information content (AvgIpc) is 3.36. The predicted octanol–water partition coefficient (Wildman–Crippen LogP) is 2.26. The monoisotopic (exact) mass is 481 g/mol. The van der Waals surface area contributed by atoms with Crippen LogP contribution < -0.4 is 15.4 Å². The molecule has 0 radical (unpaired) electrons. The molecular formula is C18H24IN7O. The van der Waals surface area contributed by atoms with Gasteiger partial charge in [0.25, 0.3) is 0 Å². The number of nitrogens with one attached hydrogen (secondary N) is 3. The normalized spacial score (nSPS) is 11.0. The molecule has 1 aromatic carbocycles. The lowest BCUT2D eigenvalue weighted by Gasteiger charge is -2.11. The average molecular weight is 481 g/mol. The SMILES string of the molecule is CN=C(NCCn1cccc1)NCc1nc(-c2ccc(OC)cc2)n[nH]1.I. The summed E-state index contributed by atoms with van der Waals surface area (Å²) in [6.07, 6.45) is 4.07. The quantitative estimate of drug-likeness (QED) is 0.274. The van der Waals surface area contributed by atoms with Crippen LogP contribution in [-0.4, -0.2) is 46.4 Å². The highest BCUT2D eigenvalue weighted by atomic mass is 127. The summed E-state index contributed by atoms with van der Waals surface area (Å²) in [5.74, 6) is 2.92. The Labute approximate surface area is 175 Å². The minimum Gasteiger partial charge on any atom is -0.497 e. The van der Waals surface area contributed by atoms with Gasteiger partial charge in [-0.15, -0.1) is 24.0 Å². The largest absolute Gasteiger partial charge is 0.497 e. The van der Waals surface area contributed by atoms with E-state index in [0.29, 0.717) is 12.4 Å². The highest BCUT2D eigenvalue weighted by Gasteiger charge is 2.07. The summed E-state index contributed by atoms with van der Waals surface area (Å²) < 4.78 is 7.27. The number of hydrogen-bond donors (Lipinski definition) is 3. The molecule has 3 aromatic rings. The summed E-state index contributed by atoms with van der Waals surface area (Å²) >= 11 is 0. The van der Waals surface area contributed by atoms with Crippen molar-refractivity contribution in [3.05, 3.63) is 54.6 Å². The van der Waals surface area contributed by atoms with Gasteiger partial charge in [-0.1, -0.05) is 0 Å². The van der Waals surface area contributed by atoms with Crippen molar-refractivity contribution in [3.63, 3.8) is 0 Å². The Morgan fingerprint density at radius 1 is 1.19 bits per heavy atom. The zero-order valence-corrected chi connectivity index (χ0v) is 17.7. The van der Waals surface area contributed by atoms with E-state index >= 15 is 0 Å². The van der Waals surface area contributed by atoms with Crippen molar-refractivity contribution >= 4 is 29.9 Å². The Hall–Kier alpha value is -2.56. The fourth-order valence-electron chi connectivity index (χ4n) is 2.45. The van der Waals surface area contributed by atoms with Gasteiger partial charge >= 0.3 is 0 Å². The lowest BCUT2D eigenvalue weighted by molar-refractivity contribution is 0.415. The fourth-order valence-corrected chi connectivity index (χ4v) is 2.45. The zero-order chi connectivity index (χ0) is 18.2. The Kier molecular flexibility index (Phi) is 8.11. The smallest absolute Gasteiger partial charge is 0.191 e. The van der Waals surface area contributed by atoms with Crippen molar-refractivity contribution in [3.8, 4) is 17.1 Å². The summed E-state index contributed by atoms with van der Waals surface area (Å²) in [4.78, 5) is 8.72. The molecule has 144 valence electrons. The van der Waals surface area contributed by atoms with Crippen LogP contribution in [0, 0.1) is 0 Å². The van der Waals surface area contributed by atoms with E-state index in [1.807, 2.05) is 48.8 Å². The Morgan fingerprint density at radius 2 is 1.93 bits per heavy atom. The van der Waals surface area contributed by atoms with Crippen LogP contribution in [0.1, 0.15) is 5.82 Å². The molecular weight excluding hydrogens is 457 g/mol. The van der Waals surface area contributed by atoms with Gasteiger partial charge in [-0.05, 0) is 36.4 Å². The maximum absolute atomic E-state index is 5.16. The molecule has 27 heavy (non-hydrogen) atoms. The molecule has 3 rings (SSSR count). The molecule has 0 spiro atoms. The maximum Gasteiger partial charge on any atom is 0.191 e. The van der Waals surface area contributed by atoms with Gasteiger partial charge in [0.2, 0.25) is 0 Å². The molecule has 0 bridgehead atoms. The van der Waals surface area contributed by atoms with Crippen molar-refractivity contribution < 1.29 is 4.74 Å². The van der Waals surface area contributed by atoms with Crippen molar-refractivity contribution in [2.45, 2.75) is 13.1 Å². The Morgan fingerprint density at radius 3 is 2.59 bits per heavy atom. The van der Waals surface area contributed by atoms with Gasteiger partial charge in [0.15, 0.2) is 11.8 Å². The van der Waals surface area contributed by atoms with Gasteiger partial charge in [-0.2, -0.15) is 5.10 Å². The lowest BCUT2D eigenvalue weighted by Crippen LogP contribution is -2.38. The minimum absolute atomic E-state index is 0. The van der Waals surface area contributed by atoms with E-state index in [4.69, 9.17) is 4.74 Å². The number of aromatic nitrogens is 4. The number of methoxy groups -OCH3 is 1. The number of rotatable bonds is 7. The molecule has 8 nitrogen and oxygen atoms in total. The third-order valence-electron chi connectivity index (χ3n) is 3.86. The molecule has 0 saturated heterocycles. The van der Waals surface area contributed by atoms with Gasteiger partial charge in [-0.3, -0.25) is 10.1 Å². The van der Waals surface area contributed by atoms with Crippen molar-refractivity contribution in [1.29, 1.82) is 0 Å². The maximum atomic E-state index is 5.16. The second kappa shape index (κ2) is 10.6. The second-order valence-electron chi connectivity index (χ2n) is 5.61. The van der Waals surface area contributed by atoms with E-state index in [-0.39, 0.29) is 24.0 Å². The van der Waals surface area contributed by atoms with Gasteiger partial charge in [0, 0.05) is 38.1 Å². The Bertz CT molecular complexity index is 828. The van der Waals surface area contributed by atoms with Gasteiger partial charge < -0.3 is 19.9 Å². The highest BCUT2D eigenvalue weighted by molar-refractivity contribution is 14.0. The van der Waals surface area contributed by atoms with Gasteiger partial charge in [0.05, 0.1) is 13.7 Å². The van der Waals surface area contributed by atoms with Crippen LogP contribution >= 0.6 is 24.0 Å². The fraction of sp³-hybridized carbons (Fsp3) is 0.278. The van der Waals surface area contributed by atoms with Crippen LogP contribution in [-0.2, 0) is 13.1 Å². The van der Waals surface area contributed by atoms with Crippen LogP contribution in [0.4, 0.5) is 0 Å². The summed E-state index contributed by atoms with van der Waals surface area (Å²) in [5.41, 5.74) is 0.933. The number of aromatic amines is 1. The molecule has 9 heteroatoms. The van der Waals surface area contributed by atoms with E-state index in [9.17, 15) is 0 Å². The summed E-state index contributed by atoms with van der Waals surface area (Å²) in [5, 5.41) is 13.7. The summed E-state index contributed by atoms with van der Waals surface area (Å²) in [6.45, 7) is 2.16. The number of guanidine groups is 1. The first-order chi connectivity index (χ1) is 12.8. The van der Waals surface area contributed by atoms with E-state index in [1.165, 1.54) is 0 Å². The van der Waals surface area contributed by atoms with Crippen molar-refractivity contribution in [2.75, 3.05) is 20.7 Å². The minimum atomic E-state index is 0. The molecule has 0 aliphatic carbocycles. The zero-order valence-electron chi connectivity index (χ0n) is 15.3. The first-order valence-electron chi connectivity index (χ1n) is 8.39. The van der Waals surface area contributed by atoms with E-state index in [2.05, 4.69) is 35.4 Å². The molecule has 0 aliphatic heterocycles. The number of benzene rings is 1. The number of hydrogen-bond acceptors (Lipinski definition) is 4. The molecule has 2 aromatic heterocycles. The molecule has 0 saturated carbocycles. The van der Waals surface area contributed by atoms with Gasteiger partial charge in [0.1, 0.15) is 11.6 Å². The topological polar surface area (TPSA) is 92.2 Å². The standard InChI is InChI=1S/C18H23N7O.HI/c1-19-18(20-9-12-25-10-3-4-11-25)21-13-16-22-17(24-23-16)14-5-7-15(26-2)8-6-14;/h3-8,10-11H,9,12-13H2,1-2H3,(H2,19,20,21)(H,22,23,24);1H. The lowest BCUT2D eigenvalue weighted by atomic mass is 10.2. The molecule has 0 aliphatic rings. The first-order valence-corrected chi connectivity index (χ1v) is 8.39. The van der Waals surface area contributed by atoms with Crippen LogP contribution in [0.15, 0.2) is 53.8 Å². The number of ether oxygens (including phenoxy) is 1. The third kappa shape index (κ3) is 5.98. The predicted molar refractivity (Wildman–Crippen MR) is 116 cm³/mol. The van der Waals surface area contributed by atoms with Crippen LogP contribution in [0.3, 0.4) is 0 Å². The van der Waals surface area contributed by atoms with Crippen molar-refractivity contribution in [1.82, 2.24) is 30.4 Å². The summed E-state index contributed by atoms with van der Waals surface area (Å²) in [6, 6.07) is 11.7. The molecule has 0 atom stereocenters. The van der Waals surface area contributed by atoms with E-state index in [0.717, 1.165) is 36.2 Å². The number of aliphatic imine (C=N–C) groups is 1. The van der Waals surface area contributed by atoms with E-state index in [1.54, 1.807) is 14.2 Å². The summed E-state index contributed by atoms with van der Waals surface area (Å²) in [7, 11) is 3.39. The molecule has 3 N–H and O–H groups in total.